The molecule has 1 heterocycles. The van der Waals surface area contributed by atoms with E-state index in [2.05, 4.69) is 10.2 Å². The average Bonchev–Trinajstić information content (AvgIpc) is 2.78. The highest BCUT2D eigenvalue weighted by Gasteiger charge is 2.10. The summed E-state index contributed by atoms with van der Waals surface area (Å²) in [5.74, 6) is 2.32. The molecule has 0 saturated carbocycles. The molecule has 1 aliphatic rings. The average molecular weight is 435 g/mol. The van der Waals surface area contributed by atoms with Gasteiger partial charge in [-0.2, -0.15) is 0 Å². The van der Waals surface area contributed by atoms with E-state index in [1.165, 1.54) is 0 Å². The van der Waals surface area contributed by atoms with Crippen molar-refractivity contribution >= 4 is 11.6 Å². The molecular formula is C23H31ClN2O4. The van der Waals surface area contributed by atoms with Crippen LogP contribution in [-0.4, -0.2) is 58.6 Å². The van der Waals surface area contributed by atoms with E-state index >= 15 is 0 Å². The summed E-state index contributed by atoms with van der Waals surface area (Å²) < 4.78 is 21.9. The summed E-state index contributed by atoms with van der Waals surface area (Å²) >= 11 is 6.42. The molecule has 0 amide bonds. The number of morpholine rings is 1. The number of methoxy groups -OCH3 is 2. The van der Waals surface area contributed by atoms with Crippen LogP contribution in [-0.2, 0) is 17.8 Å². The number of rotatable bonds is 11. The quantitative estimate of drug-likeness (QED) is 0.543. The van der Waals surface area contributed by atoms with Crippen molar-refractivity contribution in [3.63, 3.8) is 0 Å². The van der Waals surface area contributed by atoms with Crippen LogP contribution in [0, 0.1) is 0 Å². The predicted octanol–water partition coefficient (Wildman–Crippen LogP) is 3.75. The van der Waals surface area contributed by atoms with Gasteiger partial charge in [0, 0.05) is 44.4 Å². The lowest BCUT2D eigenvalue weighted by molar-refractivity contribution is 0.0358. The Balaban J connectivity index is 1.42. The minimum atomic E-state index is 0.641. The van der Waals surface area contributed by atoms with Gasteiger partial charge < -0.3 is 24.3 Å². The standard InChI is InChI=1S/C23H31ClN2O4/c1-27-20-6-5-19(23(15-20)28-2)17-25-16-18-4-7-22(21(24)14-18)30-11-3-8-26-9-12-29-13-10-26/h4-7,14-15,25H,3,8-13,16-17H2,1-2H3. The fourth-order valence-electron chi connectivity index (χ4n) is 3.41. The maximum Gasteiger partial charge on any atom is 0.137 e. The highest BCUT2D eigenvalue weighted by atomic mass is 35.5. The first-order valence-corrected chi connectivity index (χ1v) is 10.7. The second-order valence-corrected chi connectivity index (χ2v) is 7.61. The van der Waals surface area contributed by atoms with E-state index in [-0.39, 0.29) is 0 Å². The molecule has 1 aliphatic heterocycles. The van der Waals surface area contributed by atoms with Crippen molar-refractivity contribution in [2.75, 3.05) is 53.7 Å². The number of nitrogens with one attached hydrogen (secondary N) is 1. The van der Waals surface area contributed by atoms with Crippen molar-refractivity contribution in [3.05, 3.63) is 52.5 Å². The fourth-order valence-corrected chi connectivity index (χ4v) is 3.66. The van der Waals surface area contributed by atoms with Gasteiger partial charge in [-0.3, -0.25) is 4.90 Å². The van der Waals surface area contributed by atoms with Crippen LogP contribution in [0.15, 0.2) is 36.4 Å². The molecular weight excluding hydrogens is 404 g/mol. The van der Waals surface area contributed by atoms with Gasteiger partial charge in [0.25, 0.3) is 0 Å². The Kier molecular flexibility index (Phi) is 9.08. The van der Waals surface area contributed by atoms with Crippen LogP contribution in [0.1, 0.15) is 17.5 Å². The van der Waals surface area contributed by atoms with E-state index in [1.807, 2.05) is 36.4 Å². The Hall–Kier alpha value is -1.99. The molecule has 3 rings (SSSR count). The van der Waals surface area contributed by atoms with Gasteiger partial charge in [0.2, 0.25) is 0 Å². The first-order valence-electron chi connectivity index (χ1n) is 10.3. The van der Waals surface area contributed by atoms with Gasteiger partial charge in [0.15, 0.2) is 0 Å². The van der Waals surface area contributed by atoms with Crippen LogP contribution in [0.5, 0.6) is 17.2 Å². The number of hydrogen-bond acceptors (Lipinski definition) is 6. The zero-order chi connectivity index (χ0) is 21.2. The molecule has 30 heavy (non-hydrogen) atoms. The van der Waals surface area contributed by atoms with Crippen molar-refractivity contribution in [1.82, 2.24) is 10.2 Å². The zero-order valence-corrected chi connectivity index (χ0v) is 18.5. The van der Waals surface area contributed by atoms with E-state index in [0.717, 1.165) is 67.6 Å². The Morgan fingerprint density at radius 3 is 2.57 bits per heavy atom. The van der Waals surface area contributed by atoms with Gasteiger partial charge in [0.1, 0.15) is 17.2 Å². The lowest BCUT2D eigenvalue weighted by Crippen LogP contribution is -2.37. The Labute approximate surface area is 184 Å². The van der Waals surface area contributed by atoms with Crippen LogP contribution in [0.2, 0.25) is 5.02 Å². The number of halogens is 1. The van der Waals surface area contributed by atoms with Gasteiger partial charge in [0.05, 0.1) is 39.1 Å². The molecule has 164 valence electrons. The summed E-state index contributed by atoms with van der Waals surface area (Å²) in [5.41, 5.74) is 2.18. The number of benzene rings is 2. The van der Waals surface area contributed by atoms with Crippen molar-refractivity contribution < 1.29 is 18.9 Å². The van der Waals surface area contributed by atoms with Crippen molar-refractivity contribution in [2.45, 2.75) is 19.5 Å². The van der Waals surface area contributed by atoms with E-state index in [4.69, 9.17) is 30.5 Å². The molecule has 0 atom stereocenters. The molecule has 0 radical (unpaired) electrons. The lowest BCUT2D eigenvalue weighted by atomic mass is 10.1. The molecule has 0 unspecified atom stereocenters. The molecule has 0 bridgehead atoms. The number of ether oxygens (including phenoxy) is 4. The number of nitrogens with zero attached hydrogens (tertiary/aromatic N) is 1. The molecule has 1 saturated heterocycles. The summed E-state index contributed by atoms with van der Waals surface area (Å²) in [5, 5.41) is 4.07. The molecule has 0 aliphatic carbocycles. The molecule has 0 spiro atoms. The third kappa shape index (κ3) is 6.77. The monoisotopic (exact) mass is 434 g/mol. The second-order valence-electron chi connectivity index (χ2n) is 7.20. The highest BCUT2D eigenvalue weighted by Crippen LogP contribution is 2.26. The first-order chi connectivity index (χ1) is 14.7. The summed E-state index contributed by atoms with van der Waals surface area (Å²) in [6.07, 6.45) is 0.976. The normalized spacial score (nSPS) is 14.5. The summed E-state index contributed by atoms with van der Waals surface area (Å²) in [6.45, 7) is 6.73. The van der Waals surface area contributed by atoms with Crippen molar-refractivity contribution in [1.29, 1.82) is 0 Å². The van der Waals surface area contributed by atoms with E-state index in [1.54, 1.807) is 14.2 Å². The van der Waals surface area contributed by atoms with Crippen LogP contribution in [0.4, 0.5) is 0 Å². The van der Waals surface area contributed by atoms with Crippen LogP contribution >= 0.6 is 11.6 Å². The fraction of sp³-hybridized carbons (Fsp3) is 0.478. The van der Waals surface area contributed by atoms with Crippen LogP contribution in [0.3, 0.4) is 0 Å². The molecule has 7 heteroatoms. The van der Waals surface area contributed by atoms with Crippen LogP contribution < -0.4 is 19.5 Å². The summed E-state index contributed by atoms with van der Waals surface area (Å²) in [6, 6.07) is 11.8. The summed E-state index contributed by atoms with van der Waals surface area (Å²) in [4.78, 5) is 2.40. The van der Waals surface area contributed by atoms with Crippen LogP contribution in [0.25, 0.3) is 0 Å². The number of hydrogen-bond donors (Lipinski definition) is 1. The van der Waals surface area contributed by atoms with E-state index < -0.39 is 0 Å². The minimum Gasteiger partial charge on any atom is -0.497 e. The molecule has 0 aromatic heterocycles. The van der Waals surface area contributed by atoms with Gasteiger partial charge in [-0.1, -0.05) is 23.7 Å². The predicted molar refractivity (Wildman–Crippen MR) is 119 cm³/mol. The van der Waals surface area contributed by atoms with Gasteiger partial charge in [-0.15, -0.1) is 0 Å². The first kappa shape index (κ1) is 22.7. The Bertz CT molecular complexity index is 797. The SMILES string of the molecule is COc1ccc(CNCc2ccc(OCCCN3CCOCC3)c(Cl)c2)c(OC)c1. The zero-order valence-electron chi connectivity index (χ0n) is 17.8. The molecule has 1 N–H and O–H groups in total. The maximum atomic E-state index is 6.42. The van der Waals surface area contributed by atoms with Crippen molar-refractivity contribution in [3.8, 4) is 17.2 Å². The Morgan fingerprint density at radius 1 is 1.00 bits per heavy atom. The smallest absolute Gasteiger partial charge is 0.137 e. The lowest BCUT2D eigenvalue weighted by Gasteiger charge is -2.26. The second kappa shape index (κ2) is 12.0. The van der Waals surface area contributed by atoms with E-state index in [0.29, 0.717) is 24.7 Å². The maximum absolute atomic E-state index is 6.42. The molecule has 2 aromatic carbocycles. The van der Waals surface area contributed by atoms with Crippen molar-refractivity contribution in [2.24, 2.45) is 0 Å². The summed E-state index contributed by atoms with van der Waals surface area (Å²) in [7, 11) is 3.31. The topological polar surface area (TPSA) is 52.2 Å². The van der Waals surface area contributed by atoms with Gasteiger partial charge in [-0.05, 0) is 30.2 Å². The highest BCUT2D eigenvalue weighted by molar-refractivity contribution is 6.32. The minimum absolute atomic E-state index is 0.641. The van der Waals surface area contributed by atoms with Gasteiger partial charge in [-0.25, -0.2) is 0 Å². The molecule has 1 fully saturated rings. The Morgan fingerprint density at radius 2 is 1.83 bits per heavy atom. The third-order valence-corrected chi connectivity index (χ3v) is 5.41. The van der Waals surface area contributed by atoms with E-state index in [9.17, 15) is 0 Å². The third-order valence-electron chi connectivity index (χ3n) is 5.12. The molecule has 2 aromatic rings. The largest absolute Gasteiger partial charge is 0.497 e. The molecule has 6 nitrogen and oxygen atoms in total. The van der Waals surface area contributed by atoms with Gasteiger partial charge >= 0.3 is 0 Å².